The third-order valence-corrected chi connectivity index (χ3v) is 5.50. The average molecular weight is 468 g/mol. The Balaban J connectivity index is 2.12. The maximum absolute atomic E-state index is 12.3. The van der Waals surface area contributed by atoms with Gasteiger partial charge in [0.1, 0.15) is 6.04 Å². The van der Waals surface area contributed by atoms with Crippen molar-refractivity contribution >= 4 is 35.0 Å². The molecule has 1 heterocycles. The number of benzene rings is 1. The molecule has 1 aromatic carbocycles. The second-order valence-corrected chi connectivity index (χ2v) is 7.90. The molecule has 182 valence electrons. The second kappa shape index (κ2) is 11.8. The fourth-order valence-electron chi connectivity index (χ4n) is 3.21. The monoisotopic (exact) mass is 467 g/mol. The van der Waals surface area contributed by atoms with Gasteiger partial charge in [0.05, 0.1) is 5.69 Å². The molecule has 0 aliphatic carbocycles. The van der Waals surface area contributed by atoms with E-state index in [1.807, 2.05) is 43.1 Å². The second-order valence-electron chi connectivity index (χ2n) is 7.90. The summed E-state index contributed by atoms with van der Waals surface area (Å²) in [6.07, 6.45) is 1.74. The van der Waals surface area contributed by atoms with Crippen LogP contribution in [0.15, 0.2) is 36.9 Å². The number of primary amides is 1. The van der Waals surface area contributed by atoms with Gasteiger partial charge in [-0.1, -0.05) is 18.7 Å². The van der Waals surface area contributed by atoms with E-state index in [1.165, 1.54) is 11.0 Å². The number of hydrogen-bond acceptors (Lipinski definition) is 7. The van der Waals surface area contributed by atoms with E-state index in [1.54, 1.807) is 20.9 Å². The summed E-state index contributed by atoms with van der Waals surface area (Å²) in [6, 6.07) is 6.93. The summed E-state index contributed by atoms with van der Waals surface area (Å²) >= 11 is 0. The predicted molar refractivity (Wildman–Crippen MR) is 133 cm³/mol. The summed E-state index contributed by atoms with van der Waals surface area (Å²) in [5.74, 6) is -0.299. The van der Waals surface area contributed by atoms with Gasteiger partial charge in [0, 0.05) is 32.9 Å². The summed E-state index contributed by atoms with van der Waals surface area (Å²) in [6.45, 7) is 9.99. The van der Waals surface area contributed by atoms with E-state index in [0.29, 0.717) is 30.2 Å². The van der Waals surface area contributed by atoms with E-state index in [0.717, 1.165) is 12.1 Å². The molecule has 0 aliphatic heterocycles. The van der Waals surface area contributed by atoms with E-state index < -0.39 is 11.9 Å². The molecule has 0 saturated carbocycles. The van der Waals surface area contributed by atoms with Gasteiger partial charge in [0.15, 0.2) is 17.3 Å². The highest BCUT2D eigenvalue weighted by molar-refractivity contribution is 5.96. The molecule has 34 heavy (non-hydrogen) atoms. The van der Waals surface area contributed by atoms with Crippen molar-refractivity contribution in [3.05, 3.63) is 53.9 Å². The zero-order valence-electron chi connectivity index (χ0n) is 20.4. The Morgan fingerprint density at radius 2 is 1.94 bits per heavy atom. The van der Waals surface area contributed by atoms with Crippen molar-refractivity contribution in [3.63, 3.8) is 0 Å². The van der Waals surface area contributed by atoms with Gasteiger partial charge in [-0.25, -0.2) is 9.97 Å². The number of amides is 3. The van der Waals surface area contributed by atoms with Crippen molar-refractivity contribution in [1.82, 2.24) is 20.2 Å². The Kier molecular flexibility index (Phi) is 9.11. The molecule has 0 radical (unpaired) electrons. The maximum Gasteiger partial charge on any atom is 0.271 e. The van der Waals surface area contributed by atoms with Gasteiger partial charge in [-0.2, -0.15) is 0 Å². The smallest absolute Gasteiger partial charge is 0.271 e. The van der Waals surface area contributed by atoms with Crippen molar-refractivity contribution in [3.8, 4) is 0 Å². The third kappa shape index (κ3) is 6.53. The molecule has 1 atom stereocenters. The van der Waals surface area contributed by atoms with E-state index in [9.17, 15) is 14.4 Å². The van der Waals surface area contributed by atoms with Crippen molar-refractivity contribution in [2.45, 2.75) is 33.2 Å². The Labute approximate surface area is 200 Å². The molecule has 1 aromatic heterocycles. The van der Waals surface area contributed by atoms with Crippen LogP contribution in [0.3, 0.4) is 0 Å². The quantitative estimate of drug-likeness (QED) is 0.429. The number of carbonyl (C=O) groups is 3. The minimum absolute atomic E-state index is 0.0654. The molecule has 2 aromatic rings. The van der Waals surface area contributed by atoms with Gasteiger partial charge in [0.2, 0.25) is 11.8 Å². The predicted octanol–water partition coefficient (Wildman–Crippen LogP) is 1.78. The molecular formula is C24H33N7O3. The number of nitrogens with zero attached hydrogens (tertiary/aromatic N) is 4. The highest BCUT2D eigenvalue weighted by atomic mass is 16.2. The molecule has 0 aliphatic rings. The normalized spacial score (nSPS) is 11.3. The van der Waals surface area contributed by atoms with Crippen molar-refractivity contribution < 1.29 is 14.4 Å². The number of aromatic nitrogens is 2. The Bertz CT molecular complexity index is 1070. The number of rotatable bonds is 11. The van der Waals surface area contributed by atoms with Gasteiger partial charge < -0.3 is 26.2 Å². The maximum atomic E-state index is 12.3. The number of aryl methyl sites for hydroxylation is 1. The van der Waals surface area contributed by atoms with Gasteiger partial charge in [-0.3, -0.25) is 14.4 Å². The van der Waals surface area contributed by atoms with Crippen molar-refractivity contribution in [2.24, 2.45) is 5.73 Å². The fraction of sp³-hybridized carbons (Fsp3) is 0.375. The first kappa shape index (κ1) is 26.3. The van der Waals surface area contributed by atoms with Gasteiger partial charge in [0.25, 0.3) is 5.91 Å². The van der Waals surface area contributed by atoms with E-state index in [2.05, 4.69) is 27.2 Å². The Morgan fingerprint density at radius 1 is 1.24 bits per heavy atom. The number of nitrogens with two attached hydrogens (primary N) is 1. The molecule has 0 spiro atoms. The first-order chi connectivity index (χ1) is 16.1. The lowest BCUT2D eigenvalue weighted by molar-refractivity contribution is -0.135. The van der Waals surface area contributed by atoms with E-state index in [4.69, 9.17) is 5.73 Å². The van der Waals surface area contributed by atoms with Crippen LogP contribution in [0.5, 0.6) is 0 Å². The topological polar surface area (TPSA) is 134 Å². The first-order valence-corrected chi connectivity index (χ1v) is 11.0. The summed E-state index contributed by atoms with van der Waals surface area (Å²) in [5, 5.41) is 5.99. The molecule has 10 nitrogen and oxygen atoms in total. The lowest BCUT2D eigenvalue weighted by Crippen LogP contribution is -2.45. The van der Waals surface area contributed by atoms with E-state index in [-0.39, 0.29) is 23.3 Å². The third-order valence-electron chi connectivity index (χ3n) is 5.50. The van der Waals surface area contributed by atoms with Crippen LogP contribution in [0.1, 0.15) is 35.6 Å². The van der Waals surface area contributed by atoms with Crippen LogP contribution >= 0.6 is 0 Å². The summed E-state index contributed by atoms with van der Waals surface area (Å²) in [7, 11) is 3.45. The van der Waals surface area contributed by atoms with Crippen LogP contribution in [0, 0.1) is 6.92 Å². The van der Waals surface area contributed by atoms with E-state index >= 15 is 0 Å². The van der Waals surface area contributed by atoms with Crippen molar-refractivity contribution in [2.75, 3.05) is 37.4 Å². The fourth-order valence-corrected chi connectivity index (χ4v) is 3.21. The summed E-state index contributed by atoms with van der Waals surface area (Å²) < 4.78 is 0. The van der Waals surface area contributed by atoms with Crippen LogP contribution < -0.4 is 21.3 Å². The number of nitrogens with one attached hydrogen (secondary N) is 2. The van der Waals surface area contributed by atoms with Gasteiger partial charge in [-0.15, -0.1) is 0 Å². The molecule has 0 bridgehead atoms. The molecule has 3 amide bonds. The molecule has 0 saturated heterocycles. The molecule has 0 fully saturated rings. The average Bonchev–Trinajstić information content (AvgIpc) is 2.82. The highest BCUT2D eigenvalue weighted by Crippen LogP contribution is 2.24. The lowest BCUT2D eigenvalue weighted by atomic mass is 10.1. The minimum Gasteiger partial charge on any atom is -0.364 e. The molecule has 2 rings (SSSR count). The Hall–Kier alpha value is -3.95. The first-order valence-electron chi connectivity index (χ1n) is 11.0. The molecule has 0 unspecified atom stereocenters. The number of carbonyl (C=O) groups excluding carboxylic acids is 3. The SMILES string of the molecule is C=CC(=O)N(C)[C@@H](C)C(=O)NCCc1cccc(Nc2nc(N(C)CC)c(C)nc2C(N)=O)c1. The minimum atomic E-state index is -0.670. The zero-order valence-corrected chi connectivity index (χ0v) is 20.4. The number of likely N-dealkylation sites (N-methyl/N-ethyl adjacent to an activating group) is 1. The molecule has 10 heteroatoms. The molecular weight excluding hydrogens is 434 g/mol. The summed E-state index contributed by atoms with van der Waals surface area (Å²) in [5.41, 5.74) is 7.87. The number of hydrogen-bond donors (Lipinski definition) is 3. The summed E-state index contributed by atoms with van der Waals surface area (Å²) in [4.78, 5) is 48.2. The molecule has 4 N–H and O–H groups in total. The van der Waals surface area contributed by atoms with Crippen LogP contribution in [0.2, 0.25) is 0 Å². The largest absolute Gasteiger partial charge is 0.364 e. The van der Waals surface area contributed by atoms with Gasteiger partial charge in [-0.05, 0) is 51.0 Å². The van der Waals surface area contributed by atoms with Crippen molar-refractivity contribution in [1.29, 1.82) is 0 Å². The van der Waals surface area contributed by atoms with Crippen LogP contribution in [-0.2, 0) is 16.0 Å². The van der Waals surface area contributed by atoms with Gasteiger partial charge >= 0.3 is 0 Å². The lowest BCUT2D eigenvalue weighted by Gasteiger charge is -2.22. The van der Waals surface area contributed by atoms with Crippen LogP contribution in [0.4, 0.5) is 17.3 Å². The standard InChI is InChI=1S/C24H33N7O3/c1-7-19(32)31(6)16(4)24(34)26-13-12-17-10-9-11-18(14-17)28-22-20(21(25)33)27-15(3)23(29-22)30(5)8-2/h7,9-11,14,16H,1,8,12-13H2,2-6H3,(H2,25,33)(H,26,34)(H,28,29)/t16-/m0/s1. The van der Waals surface area contributed by atoms with Crippen LogP contribution in [0.25, 0.3) is 0 Å². The zero-order chi connectivity index (χ0) is 25.4. The Morgan fingerprint density at radius 3 is 2.56 bits per heavy atom. The highest BCUT2D eigenvalue weighted by Gasteiger charge is 2.20. The van der Waals surface area contributed by atoms with Crippen LogP contribution in [-0.4, -0.2) is 65.8 Å². The number of anilines is 3.